The predicted molar refractivity (Wildman–Crippen MR) is 67.3 cm³/mol. The largest absolute Gasteiger partial charge is 0.395 e. The third kappa shape index (κ3) is 2.50. The monoisotopic (exact) mass is 254 g/mol. The molecule has 1 saturated carbocycles. The predicted octanol–water partition coefficient (Wildman–Crippen LogP) is 1.75. The lowest BCUT2D eigenvalue weighted by molar-refractivity contribution is 0.0529. The van der Waals surface area contributed by atoms with Crippen LogP contribution in [0, 0.1) is 13.8 Å². The molecule has 94 valence electrons. The van der Waals surface area contributed by atoms with Crippen LogP contribution in [0.25, 0.3) is 0 Å². The van der Waals surface area contributed by atoms with Crippen molar-refractivity contribution in [2.75, 3.05) is 13.2 Å². The Labute approximate surface area is 105 Å². The lowest BCUT2D eigenvalue weighted by Crippen LogP contribution is -2.45. The summed E-state index contributed by atoms with van der Waals surface area (Å²) < 4.78 is 0. The third-order valence-electron chi connectivity index (χ3n) is 3.22. The maximum atomic E-state index is 12.4. The van der Waals surface area contributed by atoms with E-state index in [1.807, 2.05) is 18.7 Å². The van der Waals surface area contributed by atoms with Gasteiger partial charge in [0, 0.05) is 12.6 Å². The van der Waals surface area contributed by atoms with Gasteiger partial charge in [0.25, 0.3) is 5.91 Å². The molecule has 1 amide bonds. The van der Waals surface area contributed by atoms with Crippen LogP contribution < -0.4 is 0 Å². The molecule has 0 radical (unpaired) electrons. The van der Waals surface area contributed by atoms with E-state index < -0.39 is 0 Å². The zero-order valence-electron chi connectivity index (χ0n) is 10.3. The fraction of sp³-hybridized carbons (Fsp3) is 0.667. The summed E-state index contributed by atoms with van der Waals surface area (Å²) in [5.74, 6) is 0.0341. The minimum atomic E-state index is 0.0269. The minimum absolute atomic E-state index is 0.0269. The zero-order valence-corrected chi connectivity index (χ0v) is 11.1. The number of aromatic nitrogens is 1. The Morgan fingerprint density at radius 2 is 2.24 bits per heavy atom. The Bertz CT molecular complexity index is 413. The number of nitrogens with zero attached hydrogens (tertiary/aromatic N) is 2. The average molecular weight is 254 g/mol. The van der Waals surface area contributed by atoms with Crippen molar-refractivity contribution in [2.45, 2.75) is 39.2 Å². The highest BCUT2D eigenvalue weighted by molar-refractivity contribution is 7.13. The number of carbonyl (C=O) groups is 1. The molecule has 0 bridgehead atoms. The van der Waals surface area contributed by atoms with Crippen molar-refractivity contribution in [3.63, 3.8) is 0 Å². The number of aliphatic hydroxyl groups excluding tert-OH is 1. The highest BCUT2D eigenvalue weighted by Gasteiger charge is 2.30. The van der Waals surface area contributed by atoms with Crippen molar-refractivity contribution in [3.8, 4) is 0 Å². The quantitative estimate of drug-likeness (QED) is 0.890. The van der Waals surface area contributed by atoms with E-state index in [0.29, 0.717) is 12.6 Å². The second-order valence-electron chi connectivity index (χ2n) is 4.45. The van der Waals surface area contributed by atoms with Gasteiger partial charge in [0.15, 0.2) is 0 Å². The lowest BCUT2D eigenvalue weighted by atomic mass is 9.91. The van der Waals surface area contributed by atoms with E-state index in [1.165, 1.54) is 17.8 Å². The van der Waals surface area contributed by atoms with Crippen LogP contribution >= 0.6 is 11.3 Å². The van der Waals surface area contributed by atoms with Crippen molar-refractivity contribution in [1.29, 1.82) is 0 Å². The Kier molecular flexibility index (Phi) is 3.79. The summed E-state index contributed by atoms with van der Waals surface area (Å²) in [7, 11) is 0. The summed E-state index contributed by atoms with van der Waals surface area (Å²) in [5, 5.41) is 9.99. The van der Waals surface area contributed by atoms with Crippen LogP contribution in [0.3, 0.4) is 0 Å². The van der Waals surface area contributed by atoms with E-state index >= 15 is 0 Å². The van der Waals surface area contributed by atoms with Crippen LogP contribution in [0.15, 0.2) is 0 Å². The molecule has 1 fully saturated rings. The molecule has 0 aliphatic heterocycles. The van der Waals surface area contributed by atoms with Gasteiger partial charge in [0.2, 0.25) is 0 Å². The minimum Gasteiger partial charge on any atom is -0.395 e. The zero-order chi connectivity index (χ0) is 12.4. The van der Waals surface area contributed by atoms with Crippen LogP contribution in [0.2, 0.25) is 0 Å². The summed E-state index contributed by atoms with van der Waals surface area (Å²) in [6.45, 7) is 4.24. The van der Waals surface area contributed by atoms with Gasteiger partial charge in [-0.3, -0.25) is 4.79 Å². The van der Waals surface area contributed by atoms with Crippen LogP contribution in [0.4, 0.5) is 0 Å². The Morgan fingerprint density at radius 1 is 1.53 bits per heavy atom. The second kappa shape index (κ2) is 5.14. The standard InChI is InChI=1S/C12H18N2O2S/c1-8-11(17-9(2)13-8)12(16)14(6-7-15)10-4-3-5-10/h10,15H,3-7H2,1-2H3. The van der Waals surface area contributed by atoms with Gasteiger partial charge in [0.05, 0.1) is 17.3 Å². The Hall–Kier alpha value is -0.940. The molecule has 1 N–H and O–H groups in total. The highest BCUT2D eigenvalue weighted by atomic mass is 32.1. The number of thiazole rings is 1. The van der Waals surface area contributed by atoms with E-state index in [4.69, 9.17) is 5.11 Å². The van der Waals surface area contributed by atoms with Gasteiger partial charge < -0.3 is 10.0 Å². The molecule has 17 heavy (non-hydrogen) atoms. The number of hydrogen-bond donors (Lipinski definition) is 1. The molecule has 1 aromatic heterocycles. The third-order valence-corrected chi connectivity index (χ3v) is 4.28. The summed E-state index contributed by atoms with van der Waals surface area (Å²) in [4.78, 5) is 19.2. The van der Waals surface area contributed by atoms with E-state index in [2.05, 4.69) is 4.98 Å². The fourth-order valence-corrected chi connectivity index (χ4v) is 2.99. The second-order valence-corrected chi connectivity index (χ2v) is 5.66. The van der Waals surface area contributed by atoms with Gasteiger partial charge in [0.1, 0.15) is 4.88 Å². The molecular weight excluding hydrogens is 236 g/mol. The molecule has 2 rings (SSSR count). The van der Waals surface area contributed by atoms with Gasteiger partial charge in [-0.05, 0) is 33.1 Å². The molecule has 0 atom stereocenters. The summed E-state index contributed by atoms with van der Waals surface area (Å²) >= 11 is 1.44. The van der Waals surface area contributed by atoms with Crippen molar-refractivity contribution in [2.24, 2.45) is 0 Å². The molecule has 0 aromatic carbocycles. The molecule has 0 unspecified atom stereocenters. The van der Waals surface area contributed by atoms with Crippen LogP contribution in [0.5, 0.6) is 0 Å². The van der Waals surface area contributed by atoms with Crippen LogP contribution in [-0.4, -0.2) is 40.1 Å². The van der Waals surface area contributed by atoms with E-state index in [0.717, 1.165) is 28.4 Å². The van der Waals surface area contributed by atoms with E-state index in [9.17, 15) is 4.79 Å². The van der Waals surface area contributed by atoms with E-state index in [1.54, 1.807) is 0 Å². The maximum absolute atomic E-state index is 12.4. The van der Waals surface area contributed by atoms with Crippen LogP contribution in [0.1, 0.15) is 39.6 Å². The molecule has 0 spiro atoms. The Balaban J connectivity index is 2.17. The molecule has 1 aromatic rings. The smallest absolute Gasteiger partial charge is 0.266 e. The number of aryl methyl sites for hydroxylation is 2. The van der Waals surface area contributed by atoms with Crippen molar-refractivity contribution in [3.05, 3.63) is 15.6 Å². The van der Waals surface area contributed by atoms with Crippen molar-refractivity contribution < 1.29 is 9.90 Å². The van der Waals surface area contributed by atoms with Gasteiger partial charge in [-0.15, -0.1) is 11.3 Å². The molecule has 5 heteroatoms. The lowest BCUT2D eigenvalue weighted by Gasteiger charge is -2.37. The van der Waals surface area contributed by atoms with Gasteiger partial charge >= 0.3 is 0 Å². The first-order valence-corrected chi connectivity index (χ1v) is 6.81. The number of amides is 1. The maximum Gasteiger partial charge on any atom is 0.266 e. The molecule has 0 saturated heterocycles. The van der Waals surface area contributed by atoms with Crippen molar-refractivity contribution in [1.82, 2.24) is 9.88 Å². The summed E-state index contributed by atoms with van der Waals surface area (Å²) in [6.07, 6.45) is 3.30. The Morgan fingerprint density at radius 3 is 2.65 bits per heavy atom. The number of rotatable bonds is 4. The van der Waals surface area contributed by atoms with Crippen molar-refractivity contribution >= 4 is 17.2 Å². The fourth-order valence-electron chi connectivity index (χ4n) is 2.12. The summed E-state index contributed by atoms with van der Waals surface area (Å²) in [6, 6.07) is 0.316. The molecule has 1 aliphatic carbocycles. The van der Waals surface area contributed by atoms with Gasteiger partial charge in [-0.1, -0.05) is 0 Å². The summed E-state index contributed by atoms with van der Waals surface area (Å²) in [5.41, 5.74) is 0.805. The number of carbonyl (C=O) groups excluding carboxylic acids is 1. The molecular formula is C12H18N2O2S. The van der Waals surface area contributed by atoms with Gasteiger partial charge in [-0.25, -0.2) is 4.98 Å². The SMILES string of the molecule is Cc1nc(C)c(C(=O)N(CCO)C2CCC2)s1. The highest BCUT2D eigenvalue weighted by Crippen LogP contribution is 2.28. The topological polar surface area (TPSA) is 53.4 Å². The van der Waals surface area contributed by atoms with Crippen LogP contribution in [-0.2, 0) is 0 Å². The first-order valence-electron chi connectivity index (χ1n) is 5.99. The number of hydrogen-bond acceptors (Lipinski definition) is 4. The first kappa shape index (κ1) is 12.5. The van der Waals surface area contributed by atoms with Gasteiger partial charge in [-0.2, -0.15) is 0 Å². The number of aliphatic hydroxyl groups is 1. The molecule has 1 heterocycles. The molecule has 4 nitrogen and oxygen atoms in total. The average Bonchev–Trinajstić information content (AvgIpc) is 2.53. The first-order chi connectivity index (χ1) is 8.13. The molecule has 1 aliphatic rings. The van der Waals surface area contributed by atoms with E-state index in [-0.39, 0.29) is 12.5 Å². The normalized spacial score (nSPS) is 15.7.